The van der Waals surface area contributed by atoms with Crippen molar-refractivity contribution in [3.8, 4) is 0 Å². The maximum Gasteiger partial charge on any atom is 0.261 e. The number of carbonyl (C=O) groups is 4. The normalized spacial score (nSPS) is 13.1. The largest absolute Gasteiger partial charge is 0.274 e. The molecular formula is C19H16FN3O4. The summed E-state index contributed by atoms with van der Waals surface area (Å²) in [6.45, 7) is -0.497. The minimum Gasteiger partial charge on any atom is -0.274 e. The van der Waals surface area contributed by atoms with Crippen LogP contribution in [0.4, 0.5) is 4.39 Å². The highest BCUT2D eigenvalue weighted by molar-refractivity contribution is 6.11. The maximum atomic E-state index is 12.8. The predicted molar refractivity (Wildman–Crippen MR) is 92.6 cm³/mol. The number of fused-ring (bicyclic) bond motifs is 1. The van der Waals surface area contributed by atoms with Crippen molar-refractivity contribution in [2.24, 2.45) is 0 Å². The molecule has 0 saturated carbocycles. The van der Waals surface area contributed by atoms with E-state index in [4.69, 9.17) is 0 Å². The number of hydrogen-bond acceptors (Lipinski definition) is 4. The first-order valence-corrected chi connectivity index (χ1v) is 8.19. The first kappa shape index (κ1) is 18.2. The molecule has 3 rings (SSSR count). The van der Waals surface area contributed by atoms with E-state index in [1.807, 2.05) is 0 Å². The molecule has 0 atom stereocenters. The Hall–Kier alpha value is -3.55. The number of amides is 4. The number of imide groups is 1. The Bertz CT molecular complexity index is 911. The summed E-state index contributed by atoms with van der Waals surface area (Å²) in [5, 5.41) is 0. The minimum absolute atomic E-state index is 0.0338. The summed E-state index contributed by atoms with van der Waals surface area (Å²) < 4.78 is 12.8. The van der Waals surface area contributed by atoms with Gasteiger partial charge in [0.05, 0.1) is 12.8 Å². The van der Waals surface area contributed by atoms with Crippen LogP contribution in [0, 0.1) is 5.82 Å². The van der Waals surface area contributed by atoms with Crippen LogP contribution >= 0.6 is 0 Å². The standard InChI is InChI=1S/C19H16FN3O4/c20-14-7-5-12(6-8-14)9-16(24)21-22-17(25)11-23-18(26)10-13-3-1-2-4-15(13)19(23)27/h1-8H,9-11H2,(H,21,24)(H,22,25). The van der Waals surface area contributed by atoms with Crippen molar-refractivity contribution in [2.75, 3.05) is 6.54 Å². The average Bonchev–Trinajstić information content (AvgIpc) is 2.65. The summed E-state index contributed by atoms with van der Waals surface area (Å²) in [5.41, 5.74) is 5.94. The second kappa shape index (κ2) is 7.77. The number of hydrazine groups is 1. The van der Waals surface area contributed by atoms with Gasteiger partial charge in [0.15, 0.2) is 0 Å². The van der Waals surface area contributed by atoms with Gasteiger partial charge in [0.25, 0.3) is 11.8 Å². The summed E-state index contributed by atoms with van der Waals surface area (Å²) in [4.78, 5) is 49.2. The molecule has 1 heterocycles. The average molecular weight is 369 g/mol. The van der Waals surface area contributed by atoms with Crippen LogP contribution in [0.1, 0.15) is 21.5 Å². The van der Waals surface area contributed by atoms with E-state index < -0.39 is 36.0 Å². The van der Waals surface area contributed by atoms with E-state index in [0.29, 0.717) is 16.7 Å². The van der Waals surface area contributed by atoms with E-state index >= 15 is 0 Å². The lowest BCUT2D eigenvalue weighted by Gasteiger charge is -2.26. The molecule has 0 unspecified atom stereocenters. The molecule has 0 fully saturated rings. The van der Waals surface area contributed by atoms with Gasteiger partial charge in [0.2, 0.25) is 11.8 Å². The molecule has 1 aliphatic heterocycles. The topological polar surface area (TPSA) is 95.6 Å². The van der Waals surface area contributed by atoms with Gasteiger partial charge < -0.3 is 0 Å². The van der Waals surface area contributed by atoms with Crippen molar-refractivity contribution in [1.82, 2.24) is 15.8 Å². The predicted octanol–water partition coefficient (Wildman–Crippen LogP) is 0.741. The van der Waals surface area contributed by atoms with Gasteiger partial charge in [-0.25, -0.2) is 4.39 Å². The van der Waals surface area contributed by atoms with E-state index in [2.05, 4.69) is 10.9 Å². The van der Waals surface area contributed by atoms with Crippen molar-refractivity contribution in [3.63, 3.8) is 0 Å². The van der Waals surface area contributed by atoms with Crippen LogP contribution in [0.5, 0.6) is 0 Å². The molecular weight excluding hydrogens is 353 g/mol. The minimum atomic E-state index is -0.705. The molecule has 0 radical (unpaired) electrons. The van der Waals surface area contributed by atoms with E-state index in [9.17, 15) is 23.6 Å². The number of nitrogens with zero attached hydrogens (tertiary/aromatic N) is 1. The van der Waals surface area contributed by atoms with Crippen LogP contribution in [0.15, 0.2) is 48.5 Å². The Morgan fingerprint density at radius 2 is 1.63 bits per heavy atom. The maximum absolute atomic E-state index is 12.8. The van der Waals surface area contributed by atoms with Crippen molar-refractivity contribution >= 4 is 23.6 Å². The van der Waals surface area contributed by atoms with Gasteiger partial charge >= 0.3 is 0 Å². The highest BCUT2D eigenvalue weighted by atomic mass is 19.1. The molecule has 138 valence electrons. The molecule has 2 aromatic rings. The first-order valence-electron chi connectivity index (χ1n) is 8.19. The molecule has 4 amide bonds. The van der Waals surface area contributed by atoms with Crippen LogP contribution in [0.3, 0.4) is 0 Å². The summed E-state index contributed by atoms with van der Waals surface area (Å²) in [6.07, 6.45) is -0.0262. The monoisotopic (exact) mass is 369 g/mol. The fourth-order valence-electron chi connectivity index (χ4n) is 2.71. The number of halogens is 1. The molecule has 0 saturated heterocycles. The molecule has 0 aromatic heterocycles. The zero-order chi connectivity index (χ0) is 19.4. The number of carbonyl (C=O) groups excluding carboxylic acids is 4. The second-order valence-corrected chi connectivity index (χ2v) is 6.02. The fraction of sp³-hybridized carbons (Fsp3) is 0.158. The van der Waals surface area contributed by atoms with E-state index in [1.54, 1.807) is 24.3 Å². The van der Waals surface area contributed by atoms with E-state index in [-0.39, 0.29) is 12.8 Å². The van der Waals surface area contributed by atoms with Crippen LogP contribution < -0.4 is 10.9 Å². The van der Waals surface area contributed by atoms with Gasteiger partial charge in [-0.3, -0.25) is 34.9 Å². The van der Waals surface area contributed by atoms with Gasteiger partial charge in [-0.15, -0.1) is 0 Å². The third kappa shape index (κ3) is 4.35. The number of nitrogens with one attached hydrogen (secondary N) is 2. The van der Waals surface area contributed by atoms with Crippen molar-refractivity contribution in [3.05, 3.63) is 71.0 Å². The zero-order valence-corrected chi connectivity index (χ0v) is 14.2. The van der Waals surface area contributed by atoms with Gasteiger partial charge in [-0.1, -0.05) is 30.3 Å². The van der Waals surface area contributed by atoms with Gasteiger partial charge in [-0.05, 0) is 29.3 Å². The van der Waals surface area contributed by atoms with E-state index in [0.717, 1.165) is 4.90 Å². The van der Waals surface area contributed by atoms with Gasteiger partial charge in [0.1, 0.15) is 12.4 Å². The third-order valence-corrected chi connectivity index (χ3v) is 4.06. The molecule has 0 bridgehead atoms. The lowest BCUT2D eigenvalue weighted by molar-refractivity contribution is -0.134. The molecule has 7 nitrogen and oxygen atoms in total. The Balaban J connectivity index is 1.53. The SMILES string of the molecule is O=C(Cc1ccc(F)cc1)NNC(=O)CN1C(=O)Cc2ccccc2C1=O. The molecule has 2 N–H and O–H groups in total. The van der Waals surface area contributed by atoms with Crippen LogP contribution in [-0.2, 0) is 27.2 Å². The summed E-state index contributed by atoms with van der Waals surface area (Å²) in [7, 11) is 0. The molecule has 27 heavy (non-hydrogen) atoms. The Labute approximate surface area is 154 Å². The van der Waals surface area contributed by atoms with Crippen LogP contribution in [-0.4, -0.2) is 35.1 Å². The molecule has 8 heteroatoms. The third-order valence-electron chi connectivity index (χ3n) is 4.06. The number of rotatable bonds is 4. The second-order valence-electron chi connectivity index (χ2n) is 6.02. The van der Waals surface area contributed by atoms with E-state index in [1.165, 1.54) is 24.3 Å². The Kier molecular flexibility index (Phi) is 5.25. The van der Waals surface area contributed by atoms with Crippen molar-refractivity contribution in [1.29, 1.82) is 0 Å². The van der Waals surface area contributed by atoms with Crippen LogP contribution in [0.25, 0.3) is 0 Å². The molecule has 0 aliphatic carbocycles. The Morgan fingerprint density at radius 3 is 2.37 bits per heavy atom. The molecule has 0 spiro atoms. The van der Waals surface area contributed by atoms with Crippen LogP contribution in [0.2, 0.25) is 0 Å². The summed E-state index contributed by atoms with van der Waals surface area (Å²) >= 11 is 0. The lowest BCUT2D eigenvalue weighted by atomic mass is 9.98. The van der Waals surface area contributed by atoms with Crippen molar-refractivity contribution in [2.45, 2.75) is 12.8 Å². The Morgan fingerprint density at radius 1 is 0.963 bits per heavy atom. The summed E-state index contributed by atoms with van der Waals surface area (Å²) in [5.74, 6) is -2.66. The summed E-state index contributed by atoms with van der Waals surface area (Å²) in [6, 6.07) is 12.1. The molecule has 1 aliphatic rings. The van der Waals surface area contributed by atoms with Gasteiger partial charge in [0, 0.05) is 5.56 Å². The highest BCUT2D eigenvalue weighted by Crippen LogP contribution is 2.19. The molecule has 2 aromatic carbocycles. The first-order chi connectivity index (χ1) is 12.9. The zero-order valence-electron chi connectivity index (χ0n) is 14.2. The fourth-order valence-corrected chi connectivity index (χ4v) is 2.71. The number of benzene rings is 2. The van der Waals surface area contributed by atoms with Crippen molar-refractivity contribution < 1.29 is 23.6 Å². The lowest BCUT2D eigenvalue weighted by Crippen LogP contribution is -2.51. The number of hydrogen-bond donors (Lipinski definition) is 2. The van der Waals surface area contributed by atoms with Gasteiger partial charge in [-0.2, -0.15) is 0 Å². The smallest absolute Gasteiger partial charge is 0.261 e. The highest BCUT2D eigenvalue weighted by Gasteiger charge is 2.31. The quantitative estimate of drug-likeness (QED) is 0.614.